The van der Waals surface area contributed by atoms with Crippen molar-refractivity contribution in [3.63, 3.8) is 0 Å². The number of fused-ring (bicyclic) bond motifs is 3. The Balaban J connectivity index is 1.97. The molecule has 0 fully saturated rings. The Morgan fingerprint density at radius 1 is 0.864 bits per heavy atom. The van der Waals surface area contributed by atoms with Crippen molar-refractivity contribution in [1.29, 1.82) is 0 Å². The molecule has 0 atom stereocenters. The Labute approximate surface area is 144 Å². The maximum absolute atomic E-state index is 4.91. The summed E-state index contributed by atoms with van der Waals surface area (Å²) in [6.07, 6.45) is 1.94. The van der Waals surface area contributed by atoms with Crippen LogP contribution in [-0.2, 0) is 6.42 Å². The highest BCUT2D eigenvalue weighted by Gasteiger charge is 2.18. The SMILES string of the molecule is Brc1nc(Br)c2ccc3c(c2n1)N=C(c1ccccc1)CC3. The number of benzene rings is 2. The Kier molecular flexibility index (Phi) is 3.54. The topological polar surface area (TPSA) is 38.1 Å². The molecule has 0 unspecified atom stereocenters. The van der Waals surface area contributed by atoms with Gasteiger partial charge in [0.2, 0.25) is 0 Å². The first kappa shape index (κ1) is 14.0. The average molecular weight is 417 g/mol. The summed E-state index contributed by atoms with van der Waals surface area (Å²) < 4.78 is 1.36. The van der Waals surface area contributed by atoms with Crippen LogP contribution in [0, 0.1) is 0 Å². The lowest BCUT2D eigenvalue weighted by molar-refractivity contribution is 1.01. The highest BCUT2D eigenvalue weighted by atomic mass is 79.9. The number of halogens is 2. The van der Waals surface area contributed by atoms with Gasteiger partial charge in [0.25, 0.3) is 0 Å². The van der Waals surface area contributed by atoms with Gasteiger partial charge in [-0.1, -0.05) is 36.4 Å². The zero-order chi connectivity index (χ0) is 15.1. The molecule has 0 saturated carbocycles. The summed E-state index contributed by atoms with van der Waals surface area (Å²) in [6.45, 7) is 0. The number of nitrogens with zero attached hydrogens (tertiary/aromatic N) is 3. The van der Waals surface area contributed by atoms with Gasteiger partial charge in [-0.2, -0.15) is 0 Å². The minimum Gasteiger partial charge on any atom is -0.250 e. The summed E-state index contributed by atoms with van der Waals surface area (Å²) in [4.78, 5) is 13.8. The molecule has 1 aromatic heterocycles. The van der Waals surface area contributed by atoms with Crippen LogP contribution in [0.5, 0.6) is 0 Å². The van der Waals surface area contributed by atoms with Gasteiger partial charge in [0.15, 0.2) is 4.73 Å². The summed E-state index contributed by atoms with van der Waals surface area (Å²) in [5, 5.41) is 0.986. The summed E-state index contributed by atoms with van der Waals surface area (Å²) in [5.74, 6) is 0. The number of hydrogen-bond acceptors (Lipinski definition) is 3. The average Bonchev–Trinajstić information content (AvgIpc) is 2.55. The summed E-state index contributed by atoms with van der Waals surface area (Å²) >= 11 is 6.88. The number of rotatable bonds is 1. The van der Waals surface area contributed by atoms with Crippen LogP contribution in [0.15, 0.2) is 56.8 Å². The molecule has 0 aliphatic carbocycles. The van der Waals surface area contributed by atoms with Crippen molar-refractivity contribution in [3.05, 3.63) is 62.9 Å². The van der Waals surface area contributed by atoms with E-state index in [1.165, 1.54) is 11.1 Å². The fraction of sp³-hybridized carbons (Fsp3) is 0.118. The second kappa shape index (κ2) is 5.56. The van der Waals surface area contributed by atoms with E-state index in [-0.39, 0.29) is 0 Å². The van der Waals surface area contributed by atoms with Crippen molar-refractivity contribution in [2.24, 2.45) is 4.99 Å². The van der Waals surface area contributed by atoms with Crippen molar-refractivity contribution in [2.75, 3.05) is 0 Å². The number of aromatic nitrogens is 2. The lowest BCUT2D eigenvalue weighted by atomic mass is 9.96. The Hall–Kier alpha value is -1.59. The molecule has 3 nitrogen and oxygen atoms in total. The van der Waals surface area contributed by atoms with E-state index in [1.54, 1.807) is 0 Å². The van der Waals surface area contributed by atoms with Gasteiger partial charge in [0, 0.05) is 11.1 Å². The molecule has 0 bridgehead atoms. The van der Waals surface area contributed by atoms with E-state index >= 15 is 0 Å². The highest BCUT2D eigenvalue weighted by molar-refractivity contribution is 9.11. The van der Waals surface area contributed by atoms with Gasteiger partial charge in [-0.25, -0.2) is 9.97 Å². The molecule has 2 heterocycles. The molecule has 0 radical (unpaired) electrons. The summed E-state index contributed by atoms with van der Waals surface area (Å²) in [7, 11) is 0. The van der Waals surface area contributed by atoms with Gasteiger partial charge in [-0.05, 0) is 61.9 Å². The maximum Gasteiger partial charge on any atom is 0.198 e. The molecule has 0 amide bonds. The molecular formula is C17H11Br2N3. The largest absolute Gasteiger partial charge is 0.250 e. The van der Waals surface area contributed by atoms with Crippen molar-refractivity contribution in [1.82, 2.24) is 9.97 Å². The van der Waals surface area contributed by atoms with E-state index in [0.29, 0.717) is 4.73 Å². The van der Waals surface area contributed by atoms with Crippen molar-refractivity contribution >= 4 is 54.2 Å². The Morgan fingerprint density at radius 2 is 1.68 bits per heavy atom. The van der Waals surface area contributed by atoms with Gasteiger partial charge in [-0.15, -0.1) is 0 Å². The Morgan fingerprint density at radius 3 is 2.50 bits per heavy atom. The molecule has 0 N–H and O–H groups in total. The van der Waals surface area contributed by atoms with Crippen LogP contribution >= 0.6 is 31.9 Å². The molecule has 5 heteroatoms. The second-order valence-corrected chi connectivity index (χ2v) is 6.64. The summed E-state index contributed by atoms with van der Waals surface area (Å²) in [6, 6.07) is 14.5. The van der Waals surface area contributed by atoms with Gasteiger partial charge < -0.3 is 0 Å². The number of aryl methyl sites for hydroxylation is 1. The van der Waals surface area contributed by atoms with Crippen molar-refractivity contribution < 1.29 is 0 Å². The quantitative estimate of drug-likeness (QED) is 0.402. The van der Waals surface area contributed by atoms with Crippen LogP contribution in [0.1, 0.15) is 17.5 Å². The molecule has 4 rings (SSSR count). The zero-order valence-electron chi connectivity index (χ0n) is 11.6. The fourth-order valence-corrected chi connectivity index (χ4v) is 3.85. The first-order valence-corrected chi connectivity index (χ1v) is 8.58. The minimum absolute atomic E-state index is 0.572. The van der Waals surface area contributed by atoms with E-state index in [4.69, 9.17) is 4.99 Å². The van der Waals surface area contributed by atoms with Gasteiger partial charge in [-0.3, -0.25) is 4.99 Å². The minimum atomic E-state index is 0.572. The smallest absolute Gasteiger partial charge is 0.198 e. The predicted molar refractivity (Wildman–Crippen MR) is 95.9 cm³/mol. The standard InChI is InChI=1S/C17H11Br2N3/c18-16-12-8-6-11-7-9-13(10-4-2-1-3-5-10)20-14(11)15(12)21-17(19)22-16/h1-6,8H,7,9H2. The number of aliphatic imine (C=N–C) groups is 1. The second-order valence-electron chi connectivity index (χ2n) is 5.18. The molecule has 3 aromatic rings. The lowest BCUT2D eigenvalue weighted by Crippen LogP contribution is -2.08. The molecule has 108 valence electrons. The Bertz CT molecular complexity index is 905. The van der Waals surface area contributed by atoms with Gasteiger partial charge in [0.05, 0.1) is 5.69 Å². The van der Waals surface area contributed by atoms with Crippen LogP contribution in [0.2, 0.25) is 0 Å². The molecule has 1 aliphatic heterocycles. The van der Waals surface area contributed by atoms with Gasteiger partial charge >= 0.3 is 0 Å². The van der Waals surface area contributed by atoms with Crippen LogP contribution in [-0.4, -0.2) is 15.7 Å². The van der Waals surface area contributed by atoms with Crippen molar-refractivity contribution in [3.8, 4) is 0 Å². The fourth-order valence-electron chi connectivity index (χ4n) is 2.77. The van der Waals surface area contributed by atoms with Crippen LogP contribution in [0.3, 0.4) is 0 Å². The highest BCUT2D eigenvalue weighted by Crippen LogP contribution is 2.36. The maximum atomic E-state index is 4.91. The van der Waals surface area contributed by atoms with E-state index < -0.39 is 0 Å². The lowest BCUT2D eigenvalue weighted by Gasteiger charge is -2.17. The van der Waals surface area contributed by atoms with E-state index in [9.17, 15) is 0 Å². The van der Waals surface area contributed by atoms with Crippen LogP contribution in [0.4, 0.5) is 5.69 Å². The predicted octanol–water partition coefficient (Wildman–Crippen LogP) is 5.22. The van der Waals surface area contributed by atoms with Crippen LogP contribution < -0.4 is 0 Å². The molecule has 22 heavy (non-hydrogen) atoms. The first-order valence-electron chi connectivity index (χ1n) is 7.00. The van der Waals surface area contributed by atoms with Crippen molar-refractivity contribution in [2.45, 2.75) is 12.8 Å². The third-order valence-corrected chi connectivity index (χ3v) is 4.80. The molecule has 0 saturated heterocycles. The monoisotopic (exact) mass is 415 g/mol. The molecule has 0 spiro atoms. The third kappa shape index (κ3) is 2.38. The molecule has 2 aromatic carbocycles. The zero-order valence-corrected chi connectivity index (χ0v) is 14.7. The van der Waals surface area contributed by atoms with E-state index in [1.807, 2.05) is 18.2 Å². The molecular weight excluding hydrogens is 406 g/mol. The third-order valence-electron chi connectivity index (χ3n) is 3.84. The van der Waals surface area contributed by atoms with E-state index in [2.05, 4.69) is 66.1 Å². The first-order chi connectivity index (χ1) is 10.7. The normalized spacial score (nSPS) is 13.8. The number of hydrogen-bond donors (Lipinski definition) is 0. The van der Waals surface area contributed by atoms with Gasteiger partial charge in [0.1, 0.15) is 10.1 Å². The summed E-state index contributed by atoms with van der Waals surface area (Å²) in [5.41, 5.74) is 5.39. The van der Waals surface area contributed by atoms with Crippen LogP contribution in [0.25, 0.3) is 10.9 Å². The van der Waals surface area contributed by atoms with E-state index in [0.717, 1.165) is 39.7 Å². The molecule has 1 aliphatic rings.